The molecule has 1 rings (SSSR count). The molecule has 118 valence electrons. The standard InChI is InChI=1S/C14H21NO5S/c1-11(7-9-21(15,17)18)6-8-20-13-5-3-4-12(10-13)14(16)19-2/h3-5,10-11H,6-9H2,1-2H3,(H2,15,17,18). The van der Waals surface area contributed by atoms with E-state index in [2.05, 4.69) is 4.74 Å². The lowest BCUT2D eigenvalue weighted by Crippen LogP contribution is -2.18. The number of hydrogen-bond acceptors (Lipinski definition) is 5. The Morgan fingerprint density at radius 2 is 2.05 bits per heavy atom. The molecule has 1 aromatic carbocycles. The molecule has 0 amide bonds. The fourth-order valence-corrected chi connectivity index (χ4v) is 2.45. The molecular weight excluding hydrogens is 294 g/mol. The molecule has 7 heteroatoms. The highest BCUT2D eigenvalue weighted by molar-refractivity contribution is 7.89. The van der Waals surface area contributed by atoms with Crippen molar-refractivity contribution < 1.29 is 22.7 Å². The van der Waals surface area contributed by atoms with Gasteiger partial charge in [-0.05, 0) is 37.0 Å². The predicted octanol–water partition coefficient (Wildman–Crippen LogP) is 1.56. The van der Waals surface area contributed by atoms with E-state index in [0.29, 0.717) is 30.8 Å². The van der Waals surface area contributed by atoms with E-state index in [4.69, 9.17) is 9.88 Å². The fourth-order valence-electron chi connectivity index (χ4n) is 1.72. The molecule has 0 spiro atoms. The quantitative estimate of drug-likeness (QED) is 0.734. The van der Waals surface area contributed by atoms with Crippen molar-refractivity contribution in [3.05, 3.63) is 29.8 Å². The zero-order valence-corrected chi connectivity index (χ0v) is 13.1. The third-order valence-electron chi connectivity index (χ3n) is 3.03. The molecule has 2 N–H and O–H groups in total. The van der Waals surface area contributed by atoms with E-state index in [-0.39, 0.29) is 11.7 Å². The number of primary sulfonamides is 1. The van der Waals surface area contributed by atoms with Crippen LogP contribution in [-0.2, 0) is 14.8 Å². The highest BCUT2D eigenvalue weighted by Crippen LogP contribution is 2.16. The molecule has 0 saturated carbocycles. The molecule has 0 aliphatic carbocycles. The summed E-state index contributed by atoms with van der Waals surface area (Å²) in [5, 5.41) is 4.96. The second kappa shape index (κ2) is 7.99. The smallest absolute Gasteiger partial charge is 0.337 e. The second-order valence-electron chi connectivity index (χ2n) is 4.92. The minimum Gasteiger partial charge on any atom is -0.494 e. The molecule has 1 aromatic rings. The van der Waals surface area contributed by atoms with Crippen molar-refractivity contribution in [2.75, 3.05) is 19.5 Å². The van der Waals surface area contributed by atoms with Gasteiger partial charge in [0.15, 0.2) is 0 Å². The Hall–Kier alpha value is -1.60. The molecule has 1 atom stereocenters. The molecule has 1 unspecified atom stereocenters. The maximum atomic E-state index is 11.4. The summed E-state index contributed by atoms with van der Waals surface area (Å²) in [5.74, 6) is 0.331. The van der Waals surface area contributed by atoms with Crippen LogP contribution in [0.2, 0.25) is 0 Å². The largest absolute Gasteiger partial charge is 0.494 e. The van der Waals surface area contributed by atoms with Gasteiger partial charge in [-0.2, -0.15) is 0 Å². The van der Waals surface area contributed by atoms with Crippen molar-refractivity contribution in [1.82, 2.24) is 0 Å². The van der Waals surface area contributed by atoms with E-state index in [9.17, 15) is 13.2 Å². The van der Waals surface area contributed by atoms with Gasteiger partial charge in [0.2, 0.25) is 10.0 Å². The first-order valence-electron chi connectivity index (χ1n) is 6.63. The Bertz CT molecular complexity index is 570. The van der Waals surface area contributed by atoms with Gasteiger partial charge in [0, 0.05) is 0 Å². The summed E-state index contributed by atoms with van der Waals surface area (Å²) in [6.07, 6.45) is 1.21. The minimum atomic E-state index is -3.41. The van der Waals surface area contributed by atoms with Gasteiger partial charge in [0.05, 0.1) is 25.0 Å². The molecule has 0 fully saturated rings. The maximum absolute atomic E-state index is 11.4. The van der Waals surface area contributed by atoms with Crippen LogP contribution in [-0.4, -0.2) is 33.9 Å². The highest BCUT2D eigenvalue weighted by Gasteiger charge is 2.09. The van der Waals surface area contributed by atoms with Crippen LogP contribution >= 0.6 is 0 Å². The van der Waals surface area contributed by atoms with E-state index in [1.165, 1.54) is 7.11 Å². The van der Waals surface area contributed by atoms with Gasteiger partial charge in [-0.3, -0.25) is 0 Å². The van der Waals surface area contributed by atoms with Gasteiger partial charge < -0.3 is 9.47 Å². The van der Waals surface area contributed by atoms with Crippen molar-refractivity contribution >= 4 is 16.0 Å². The van der Waals surface area contributed by atoms with E-state index >= 15 is 0 Å². The third kappa shape index (κ3) is 7.10. The van der Waals surface area contributed by atoms with Gasteiger partial charge in [-0.15, -0.1) is 0 Å². The van der Waals surface area contributed by atoms with Crippen LogP contribution in [0.25, 0.3) is 0 Å². The molecule has 0 aliphatic heterocycles. The van der Waals surface area contributed by atoms with E-state index in [1.54, 1.807) is 24.3 Å². The Morgan fingerprint density at radius 1 is 1.33 bits per heavy atom. The second-order valence-corrected chi connectivity index (χ2v) is 6.65. The number of esters is 1. The van der Waals surface area contributed by atoms with Crippen molar-refractivity contribution in [3.63, 3.8) is 0 Å². The zero-order chi connectivity index (χ0) is 15.9. The topological polar surface area (TPSA) is 95.7 Å². The molecule has 0 aliphatic rings. The number of rotatable bonds is 8. The van der Waals surface area contributed by atoms with Crippen LogP contribution in [0.15, 0.2) is 24.3 Å². The maximum Gasteiger partial charge on any atom is 0.337 e. The minimum absolute atomic E-state index is 0.0218. The molecule has 6 nitrogen and oxygen atoms in total. The summed E-state index contributed by atoms with van der Waals surface area (Å²) < 4.78 is 31.9. The Morgan fingerprint density at radius 3 is 2.67 bits per heavy atom. The normalized spacial score (nSPS) is 12.7. The third-order valence-corrected chi connectivity index (χ3v) is 3.83. The molecular formula is C14H21NO5S. The van der Waals surface area contributed by atoms with Gasteiger partial charge >= 0.3 is 5.97 Å². The lowest BCUT2D eigenvalue weighted by Gasteiger charge is -2.12. The Balaban J connectivity index is 2.40. The first-order valence-corrected chi connectivity index (χ1v) is 8.35. The summed E-state index contributed by atoms with van der Waals surface area (Å²) in [6, 6.07) is 6.72. The number of carbonyl (C=O) groups excluding carboxylic acids is 1. The van der Waals surface area contributed by atoms with E-state index in [0.717, 1.165) is 0 Å². The zero-order valence-electron chi connectivity index (χ0n) is 12.2. The first-order chi connectivity index (χ1) is 9.81. The van der Waals surface area contributed by atoms with Gasteiger partial charge in [0.25, 0.3) is 0 Å². The number of carbonyl (C=O) groups is 1. The summed E-state index contributed by atoms with van der Waals surface area (Å²) in [4.78, 5) is 11.4. The van der Waals surface area contributed by atoms with Crippen LogP contribution in [0.4, 0.5) is 0 Å². The van der Waals surface area contributed by atoms with Crippen LogP contribution in [0.1, 0.15) is 30.1 Å². The number of methoxy groups -OCH3 is 1. The Kier molecular flexibility index (Phi) is 6.64. The molecule has 0 aromatic heterocycles. The predicted molar refractivity (Wildman–Crippen MR) is 79.6 cm³/mol. The first kappa shape index (κ1) is 17.5. The molecule has 0 saturated heterocycles. The number of hydrogen-bond donors (Lipinski definition) is 1. The molecule has 0 radical (unpaired) electrons. The summed E-state index contributed by atoms with van der Waals surface area (Å²) >= 11 is 0. The highest BCUT2D eigenvalue weighted by atomic mass is 32.2. The number of nitrogens with two attached hydrogens (primary N) is 1. The Labute approximate surface area is 125 Å². The van der Waals surface area contributed by atoms with Gasteiger partial charge in [-0.1, -0.05) is 13.0 Å². The molecule has 0 heterocycles. The average Bonchev–Trinajstić information content (AvgIpc) is 2.44. The fraction of sp³-hybridized carbons (Fsp3) is 0.500. The van der Waals surface area contributed by atoms with Crippen molar-refractivity contribution in [3.8, 4) is 5.75 Å². The average molecular weight is 315 g/mol. The monoisotopic (exact) mass is 315 g/mol. The van der Waals surface area contributed by atoms with Crippen molar-refractivity contribution in [2.45, 2.75) is 19.8 Å². The molecule has 21 heavy (non-hydrogen) atoms. The van der Waals surface area contributed by atoms with Gasteiger partial charge in [-0.25, -0.2) is 18.4 Å². The van der Waals surface area contributed by atoms with Crippen LogP contribution in [0.5, 0.6) is 5.75 Å². The van der Waals surface area contributed by atoms with Crippen molar-refractivity contribution in [1.29, 1.82) is 0 Å². The summed E-state index contributed by atoms with van der Waals surface area (Å²) in [7, 11) is -2.08. The van der Waals surface area contributed by atoms with Crippen LogP contribution in [0, 0.1) is 5.92 Å². The number of benzene rings is 1. The van der Waals surface area contributed by atoms with Crippen LogP contribution in [0.3, 0.4) is 0 Å². The number of sulfonamides is 1. The van der Waals surface area contributed by atoms with E-state index < -0.39 is 16.0 Å². The summed E-state index contributed by atoms with van der Waals surface area (Å²) in [5.41, 5.74) is 0.428. The lowest BCUT2D eigenvalue weighted by molar-refractivity contribution is 0.0600. The lowest BCUT2D eigenvalue weighted by atomic mass is 10.1. The van der Waals surface area contributed by atoms with E-state index in [1.807, 2.05) is 6.92 Å². The number of ether oxygens (including phenoxy) is 2. The molecule has 0 bridgehead atoms. The SMILES string of the molecule is COC(=O)c1cccc(OCCC(C)CCS(N)(=O)=O)c1. The van der Waals surface area contributed by atoms with Crippen LogP contribution < -0.4 is 9.88 Å². The van der Waals surface area contributed by atoms with Crippen molar-refractivity contribution in [2.24, 2.45) is 11.1 Å². The van der Waals surface area contributed by atoms with Gasteiger partial charge in [0.1, 0.15) is 5.75 Å². The summed E-state index contributed by atoms with van der Waals surface area (Å²) in [6.45, 7) is 2.38.